The number of carbonyl (C=O) groups is 1. The number of hydrogen-bond donors (Lipinski definition) is 2. The van der Waals surface area contributed by atoms with E-state index in [0.29, 0.717) is 6.54 Å². The fraction of sp³-hybridized carbons (Fsp3) is 0.462. The van der Waals surface area contributed by atoms with Crippen LogP contribution in [0.4, 0.5) is 4.39 Å². The van der Waals surface area contributed by atoms with E-state index in [1.165, 1.54) is 6.07 Å². The molecule has 0 aliphatic carbocycles. The molecule has 19 heavy (non-hydrogen) atoms. The Morgan fingerprint density at radius 2 is 1.84 bits per heavy atom. The Hall–Kier alpha value is -0.840. The second kappa shape index (κ2) is 8.35. The number of unbranched alkanes of at least 4 members (excludes halogenated alkanes) is 3. The fourth-order valence-electron chi connectivity index (χ4n) is 1.58. The van der Waals surface area contributed by atoms with Gasteiger partial charge in [0.2, 0.25) is 0 Å². The molecule has 6 heteroatoms. The van der Waals surface area contributed by atoms with Gasteiger partial charge in [-0.25, -0.2) is 4.39 Å². The van der Waals surface area contributed by atoms with Gasteiger partial charge >= 0.3 is 0 Å². The van der Waals surface area contributed by atoms with E-state index in [1.807, 2.05) is 0 Å². The predicted molar refractivity (Wildman–Crippen MR) is 74.3 cm³/mol. The first-order valence-electron chi connectivity index (χ1n) is 6.10. The zero-order chi connectivity index (χ0) is 14.3. The third kappa shape index (κ3) is 5.35. The quantitative estimate of drug-likeness (QED) is 0.599. The van der Waals surface area contributed by atoms with Crippen LogP contribution in [0.1, 0.15) is 36.0 Å². The third-order valence-corrected chi connectivity index (χ3v) is 3.23. The maximum atomic E-state index is 13.3. The van der Waals surface area contributed by atoms with E-state index < -0.39 is 11.7 Å². The smallest absolute Gasteiger partial charge is 0.252 e. The van der Waals surface area contributed by atoms with Crippen molar-refractivity contribution in [3.05, 3.63) is 33.6 Å². The average molecular weight is 308 g/mol. The van der Waals surface area contributed by atoms with Crippen molar-refractivity contribution in [2.75, 3.05) is 13.2 Å². The van der Waals surface area contributed by atoms with Crippen LogP contribution >= 0.6 is 23.2 Å². The number of hydrogen-bond acceptors (Lipinski definition) is 2. The summed E-state index contributed by atoms with van der Waals surface area (Å²) < 4.78 is 13.3. The zero-order valence-corrected chi connectivity index (χ0v) is 11.9. The zero-order valence-electron chi connectivity index (χ0n) is 10.4. The van der Waals surface area contributed by atoms with Gasteiger partial charge in [0, 0.05) is 13.2 Å². The van der Waals surface area contributed by atoms with Crippen LogP contribution in [-0.4, -0.2) is 24.2 Å². The summed E-state index contributed by atoms with van der Waals surface area (Å²) in [5.74, 6) is -1.08. The number of benzene rings is 1. The van der Waals surface area contributed by atoms with E-state index in [1.54, 1.807) is 0 Å². The maximum Gasteiger partial charge on any atom is 0.252 e. The van der Waals surface area contributed by atoms with Crippen LogP contribution in [0.3, 0.4) is 0 Å². The molecule has 1 aromatic carbocycles. The Balaban J connectivity index is 2.43. The monoisotopic (exact) mass is 307 g/mol. The molecular weight excluding hydrogens is 292 g/mol. The highest BCUT2D eigenvalue weighted by molar-refractivity contribution is 6.36. The summed E-state index contributed by atoms with van der Waals surface area (Å²) >= 11 is 11.4. The van der Waals surface area contributed by atoms with Crippen LogP contribution in [0.5, 0.6) is 0 Å². The van der Waals surface area contributed by atoms with Crippen LogP contribution in [0.15, 0.2) is 12.1 Å². The SMILES string of the molecule is O=C(NCCCCCCO)c1cc(F)c(Cl)cc1Cl. The molecule has 0 bridgehead atoms. The molecule has 1 rings (SSSR count). The Morgan fingerprint density at radius 1 is 1.16 bits per heavy atom. The first-order valence-corrected chi connectivity index (χ1v) is 6.85. The fourth-order valence-corrected chi connectivity index (χ4v) is 2.05. The molecule has 2 N–H and O–H groups in total. The van der Waals surface area contributed by atoms with Crippen molar-refractivity contribution in [2.45, 2.75) is 25.7 Å². The lowest BCUT2D eigenvalue weighted by molar-refractivity contribution is 0.0952. The molecular formula is C13H16Cl2FNO2. The molecule has 0 aromatic heterocycles. The minimum Gasteiger partial charge on any atom is -0.396 e. The van der Waals surface area contributed by atoms with Gasteiger partial charge in [0.05, 0.1) is 15.6 Å². The Labute approximate surface area is 121 Å². The van der Waals surface area contributed by atoms with Gasteiger partial charge in [-0.15, -0.1) is 0 Å². The Kier molecular flexibility index (Phi) is 7.13. The lowest BCUT2D eigenvalue weighted by Gasteiger charge is -2.07. The highest BCUT2D eigenvalue weighted by Crippen LogP contribution is 2.24. The summed E-state index contributed by atoms with van der Waals surface area (Å²) in [5, 5.41) is 11.3. The number of aliphatic hydroxyl groups is 1. The van der Waals surface area contributed by atoms with Crippen molar-refractivity contribution >= 4 is 29.1 Å². The molecule has 0 atom stereocenters. The van der Waals surface area contributed by atoms with E-state index >= 15 is 0 Å². The molecule has 0 radical (unpaired) electrons. The molecule has 0 aliphatic heterocycles. The van der Waals surface area contributed by atoms with Crippen molar-refractivity contribution in [3.8, 4) is 0 Å². The molecule has 0 saturated heterocycles. The van der Waals surface area contributed by atoms with Crippen molar-refractivity contribution in [1.82, 2.24) is 5.32 Å². The van der Waals surface area contributed by atoms with Gasteiger partial charge in [-0.2, -0.15) is 0 Å². The summed E-state index contributed by atoms with van der Waals surface area (Å²) in [5.41, 5.74) is 0.0823. The number of carbonyl (C=O) groups excluding carboxylic acids is 1. The molecule has 106 valence electrons. The molecule has 0 saturated carbocycles. The summed E-state index contributed by atoms with van der Waals surface area (Å²) in [6.07, 6.45) is 3.41. The van der Waals surface area contributed by atoms with E-state index in [9.17, 15) is 9.18 Å². The van der Waals surface area contributed by atoms with E-state index in [2.05, 4.69) is 5.32 Å². The van der Waals surface area contributed by atoms with E-state index in [4.69, 9.17) is 28.3 Å². The van der Waals surface area contributed by atoms with Crippen molar-refractivity contribution in [3.63, 3.8) is 0 Å². The van der Waals surface area contributed by atoms with E-state index in [0.717, 1.165) is 31.7 Å². The molecule has 0 aliphatic rings. The minimum atomic E-state index is -0.667. The molecule has 0 spiro atoms. The minimum absolute atomic E-state index is 0.0823. The molecule has 3 nitrogen and oxygen atoms in total. The lowest BCUT2D eigenvalue weighted by Crippen LogP contribution is -2.24. The van der Waals surface area contributed by atoms with Crippen molar-refractivity contribution < 1.29 is 14.3 Å². The maximum absolute atomic E-state index is 13.3. The van der Waals surface area contributed by atoms with Crippen LogP contribution in [-0.2, 0) is 0 Å². The number of halogens is 3. The second-order valence-corrected chi connectivity index (χ2v) is 4.95. The van der Waals surface area contributed by atoms with Crippen molar-refractivity contribution in [2.24, 2.45) is 0 Å². The van der Waals surface area contributed by atoms with Crippen LogP contribution in [0.2, 0.25) is 10.0 Å². The second-order valence-electron chi connectivity index (χ2n) is 4.14. The molecule has 0 fully saturated rings. The summed E-state index contributed by atoms with van der Waals surface area (Å²) in [6.45, 7) is 0.677. The summed E-state index contributed by atoms with van der Waals surface area (Å²) in [7, 11) is 0. The first kappa shape index (κ1) is 16.2. The largest absolute Gasteiger partial charge is 0.396 e. The van der Waals surface area contributed by atoms with Gasteiger partial charge < -0.3 is 10.4 Å². The van der Waals surface area contributed by atoms with Crippen LogP contribution in [0.25, 0.3) is 0 Å². The van der Waals surface area contributed by atoms with Crippen LogP contribution < -0.4 is 5.32 Å². The topological polar surface area (TPSA) is 49.3 Å². The normalized spacial score (nSPS) is 10.5. The molecule has 0 heterocycles. The summed E-state index contributed by atoms with van der Waals surface area (Å²) in [4.78, 5) is 11.8. The Morgan fingerprint density at radius 3 is 2.53 bits per heavy atom. The average Bonchev–Trinajstić information content (AvgIpc) is 2.37. The number of nitrogens with one attached hydrogen (secondary N) is 1. The number of aliphatic hydroxyl groups excluding tert-OH is 1. The number of rotatable bonds is 7. The predicted octanol–water partition coefficient (Wildman–Crippen LogP) is 3.42. The van der Waals surface area contributed by atoms with Crippen LogP contribution in [0, 0.1) is 5.82 Å². The van der Waals surface area contributed by atoms with Gasteiger partial charge in [-0.05, 0) is 25.0 Å². The standard InChI is InChI=1S/C13H16Cl2FNO2/c14-10-8-11(15)12(16)7-9(10)13(19)17-5-3-1-2-4-6-18/h7-8,18H,1-6H2,(H,17,19). The van der Waals surface area contributed by atoms with Gasteiger partial charge in [-0.3, -0.25) is 4.79 Å². The van der Waals surface area contributed by atoms with E-state index in [-0.39, 0.29) is 22.2 Å². The van der Waals surface area contributed by atoms with Gasteiger partial charge in [0.25, 0.3) is 5.91 Å². The molecule has 1 aromatic rings. The van der Waals surface area contributed by atoms with Gasteiger partial charge in [0.15, 0.2) is 0 Å². The van der Waals surface area contributed by atoms with Gasteiger partial charge in [0.1, 0.15) is 5.82 Å². The molecule has 1 amide bonds. The summed E-state index contributed by atoms with van der Waals surface area (Å²) in [6, 6.07) is 2.25. The third-order valence-electron chi connectivity index (χ3n) is 2.63. The first-order chi connectivity index (χ1) is 9.06. The lowest BCUT2D eigenvalue weighted by atomic mass is 10.2. The number of amides is 1. The highest BCUT2D eigenvalue weighted by atomic mass is 35.5. The van der Waals surface area contributed by atoms with Crippen molar-refractivity contribution in [1.29, 1.82) is 0 Å². The Bertz CT molecular complexity index is 441. The molecule has 0 unspecified atom stereocenters. The van der Waals surface area contributed by atoms with Gasteiger partial charge in [-0.1, -0.05) is 36.0 Å². The highest BCUT2D eigenvalue weighted by Gasteiger charge is 2.13.